The van der Waals surface area contributed by atoms with Gasteiger partial charge in [0.1, 0.15) is 11.5 Å². The summed E-state index contributed by atoms with van der Waals surface area (Å²) in [4.78, 5) is 2.57. The molecule has 3 nitrogen and oxygen atoms in total. The molecule has 0 amide bonds. The topological polar surface area (TPSA) is 28.4 Å². The van der Waals surface area contributed by atoms with Crippen molar-refractivity contribution < 1.29 is 4.42 Å². The lowest BCUT2D eigenvalue weighted by Crippen LogP contribution is -2.37. The minimum Gasteiger partial charge on any atom is -0.465 e. The molecule has 2 rings (SSSR count). The Morgan fingerprint density at radius 2 is 2.32 bits per heavy atom. The Kier molecular flexibility index (Phi) is 5.79. The molecule has 1 unspecified atom stereocenters. The van der Waals surface area contributed by atoms with E-state index < -0.39 is 0 Å². The number of nitrogens with one attached hydrogen (secondary N) is 1. The predicted octanol–water partition coefficient (Wildman–Crippen LogP) is 3.02. The highest BCUT2D eigenvalue weighted by Gasteiger charge is 2.20. The molecule has 1 aliphatic heterocycles. The maximum Gasteiger partial charge on any atom is 0.118 e. The minimum atomic E-state index is 0.808. The van der Waals surface area contributed by atoms with Gasteiger partial charge in [-0.1, -0.05) is 13.8 Å². The van der Waals surface area contributed by atoms with E-state index in [0.717, 1.165) is 36.4 Å². The first-order valence-corrected chi connectivity index (χ1v) is 8.40. The van der Waals surface area contributed by atoms with E-state index in [2.05, 4.69) is 48.8 Å². The van der Waals surface area contributed by atoms with Crippen LogP contribution in [0.25, 0.3) is 0 Å². The average Bonchev–Trinajstić information content (AvgIpc) is 2.77. The molecule has 4 heteroatoms. The Balaban J connectivity index is 1.92. The first-order chi connectivity index (χ1) is 9.22. The van der Waals surface area contributed by atoms with E-state index in [4.69, 9.17) is 4.42 Å². The van der Waals surface area contributed by atoms with Gasteiger partial charge in [0.15, 0.2) is 0 Å². The smallest absolute Gasteiger partial charge is 0.118 e. The van der Waals surface area contributed by atoms with E-state index in [0.29, 0.717) is 0 Å². The van der Waals surface area contributed by atoms with Crippen LogP contribution in [-0.4, -0.2) is 35.5 Å². The van der Waals surface area contributed by atoms with Crippen molar-refractivity contribution in [3.63, 3.8) is 0 Å². The third-order valence-corrected chi connectivity index (χ3v) is 5.07. The monoisotopic (exact) mass is 282 g/mol. The summed E-state index contributed by atoms with van der Waals surface area (Å²) in [6.45, 7) is 11.8. The summed E-state index contributed by atoms with van der Waals surface area (Å²) in [7, 11) is 0. The Morgan fingerprint density at radius 1 is 1.47 bits per heavy atom. The molecule has 0 spiro atoms. The number of rotatable bonds is 6. The lowest BCUT2D eigenvalue weighted by molar-refractivity contribution is 0.271. The van der Waals surface area contributed by atoms with Gasteiger partial charge < -0.3 is 9.73 Å². The van der Waals surface area contributed by atoms with Crippen molar-refractivity contribution in [2.45, 2.75) is 45.5 Å². The minimum absolute atomic E-state index is 0.808. The van der Waals surface area contributed by atoms with E-state index in [9.17, 15) is 0 Å². The molecule has 1 aliphatic rings. The van der Waals surface area contributed by atoms with Crippen molar-refractivity contribution in [3.8, 4) is 0 Å². The second-order valence-electron chi connectivity index (χ2n) is 5.21. The van der Waals surface area contributed by atoms with Crippen molar-refractivity contribution in [1.29, 1.82) is 0 Å². The van der Waals surface area contributed by atoms with E-state index in [1.165, 1.54) is 30.8 Å². The molecule has 1 N–H and O–H groups in total. The van der Waals surface area contributed by atoms with Crippen LogP contribution in [0.2, 0.25) is 0 Å². The third kappa shape index (κ3) is 4.26. The zero-order chi connectivity index (χ0) is 13.7. The molecule has 1 aromatic heterocycles. The van der Waals surface area contributed by atoms with Gasteiger partial charge in [-0.2, -0.15) is 11.8 Å². The number of aryl methyl sites for hydroxylation is 1. The van der Waals surface area contributed by atoms with Gasteiger partial charge in [-0.25, -0.2) is 0 Å². The van der Waals surface area contributed by atoms with Crippen molar-refractivity contribution >= 4 is 11.8 Å². The molecule has 2 heterocycles. The van der Waals surface area contributed by atoms with Crippen molar-refractivity contribution in [1.82, 2.24) is 10.2 Å². The van der Waals surface area contributed by atoms with Gasteiger partial charge in [0, 0.05) is 36.2 Å². The standard InChI is InChI=1S/C15H26N2OS/c1-4-15-11-17(6-7-19-15)10-13-8-14(9-16-5-2)18-12(13)3/h8,15-16H,4-7,9-11H2,1-3H3. The summed E-state index contributed by atoms with van der Waals surface area (Å²) >= 11 is 2.12. The second-order valence-corrected chi connectivity index (χ2v) is 6.62. The zero-order valence-corrected chi connectivity index (χ0v) is 13.2. The molecule has 19 heavy (non-hydrogen) atoms. The van der Waals surface area contributed by atoms with Gasteiger partial charge in [0.2, 0.25) is 0 Å². The highest BCUT2D eigenvalue weighted by Crippen LogP contribution is 2.24. The third-order valence-electron chi connectivity index (χ3n) is 3.69. The predicted molar refractivity (Wildman–Crippen MR) is 82.6 cm³/mol. The second kappa shape index (κ2) is 7.36. The number of thioether (sulfide) groups is 1. The quantitative estimate of drug-likeness (QED) is 0.868. The normalized spacial score (nSPS) is 20.9. The van der Waals surface area contributed by atoms with Crippen LogP contribution in [0.3, 0.4) is 0 Å². The molecule has 0 aromatic carbocycles. The number of nitrogens with zero attached hydrogens (tertiary/aromatic N) is 1. The van der Waals surface area contributed by atoms with Gasteiger partial charge in [0.05, 0.1) is 6.54 Å². The van der Waals surface area contributed by atoms with Crippen molar-refractivity contribution in [2.24, 2.45) is 0 Å². The molecule has 0 aliphatic carbocycles. The number of hydrogen-bond acceptors (Lipinski definition) is 4. The van der Waals surface area contributed by atoms with Gasteiger partial charge in [-0.15, -0.1) is 0 Å². The molecule has 0 saturated carbocycles. The Hall–Kier alpha value is -0.450. The molecule has 1 aromatic rings. The van der Waals surface area contributed by atoms with Crippen LogP contribution in [-0.2, 0) is 13.1 Å². The summed E-state index contributed by atoms with van der Waals surface area (Å²) in [6, 6.07) is 2.22. The highest BCUT2D eigenvalue weighted by molar-refractivity contribution is 8.00. The largest absolute Gasteiger partial charge is 0.465 e. The maximum absolute atomic E-state index is 5.82. The van der Waals surface area contributed by atoms with E-state index >= 15 is 0 Å². The van der Waals surface area contributed by atoms with Crippen LogP contribution in [0, 0.1) is 6.92 Å². The van der Waals surface area contributed by atoms with Crippen LogP contribution in [0.4, 0.5) is 0 Å². The summed E-state index contributed by atoms with van der Waals surface area (Å²) in [5.41, 5.74) is 1.36. The van der Waals surface area contributed by atoms with Crippen LogP contribution >= 0.6 is 11.8 Å². The van der Waals surface area contributed by atoms with E-state index in [1.807, 2.05) is 0 Å². The lowest BCUT2D eigenvalue weighted by atomic mass is 10.2. The molecular weight excluding hydrogens is 256 g/mol. The summed E-state index contributed by atoms with van der Waals surface area (Å²) in [6.07, 6.45) is 1.28. The van der Waals surface area contributed by atoms with Crippen LogP contribution in [0.1, 0.15) is 37.4 Å². The first kappa shape index (κ1) is 14.9. The zero-order valence-electron chi connectivity index (χ0n) is 12.4. The first-order valence-electron chi connectivity index (χ1n) is 7.35. The maximum atomic E-state index is 5.82. The number of hydrogen-bond donors (Lipinski definition) is 1. The van der Waals surface area contributed by atoms with Gasteiger partial charge >= 0.3 is 0 Å². The lowest BCUT2D eigenvalue weighted by Gasteiger charge is -2.31. The molecule has 0 radical (unpaired) electrons. The van der Waals surface area contributed by atoms with Crippen molar-refractivity contribution in [2.75, 3.05) is 25.4 Å². The highest BCUT2D eigenvalue weighted by atomic mass is 32.2. The van der Waals surface area contributed by atoms with Crippen LogP contribution in [0.15, 0.2) is 10.5 Å². The molecule has 1 saturated heterocycles. The Labute approximate surface area is 121 Å². The van der Waals surface area contributed by atoms with Gasteiger partial charge in [0.25, 0.3) is 0 Å². The fourth-order valence-electron chi connectivity index (χ4n) is 2.49. The molecule has 0 bridgehead atoms. The van der Waals surface area contributed by atoms with E-state index in [-0.39, 0.29) is 0 Å². The van der Waals surface area contributed by atoms with Crippen molar-refractivity contribution in [3.05, 3.63) is 23.2 Å². The molecule has 108 valence electrons. The molecule has 1 atom stereocenters. The SMILES string of the molecule is CCNCc1cc(CN2CCSC(CC)C2)c(C)o1. The Morgan fingerprint density at radius 3 is 3.05 bits per heavy atom. The number of furan rings is 1. The van der Waals surface area contributed by atoms with Crippen LogP contribution in [0.5, 0.6) is 0 Å². The molecule has 1 fully saturated rings. The van der Waals surface area contributed by atoms with Gasteiger partial charge in [-0.3, -0.25) is 4.90 Å². The average molecular weight is 282 g/mol. The summed E-state index contributed by atoms with van der Waals surface area (Å²) in [5.74, 6) is 3.41. The summed E-state index contributed by atoms with van der Waals surface area (Å²) in [5, 5.41) is 4.12. The summed E-state index contributed by atoms with van der Waals surface area (Å²) < 4.78 is 5.82. The van der Waals surface area contributed by atoms with Gasteiger partial charge in [-0.05, 0) is 26.0 Å². The molecular formula is C15H26N2OS. The Bertz CT molecular complexity index is 391. The van der Waals surface area contributed by atoms with E-state index in [1.54, 1.807) is 0 Å². The fraction of sp³-hybridized carbons (Fsp3) is 0.733. The fourth-order valence-corrected chi connectivity index (χ4v) is 3.74. The van der Waals surface area contributed by atoms with Crippen LogP contribution < -0.4 is 5.32 Å².